The van der Waals surface area contributed by atoms with E-state index in [1.165, 1.54) is 0 Å². The third-order valence-corrected chi connectivity index (χ3v) is 4.47. The average Bonchev–Trinajstić information content (AvgIpc) is 2.61. The maximum Gasteiger partial charge on any atom is 0.310 e. The van der Waals surface area contributed by atoms with Crippen molar-refractivity contribution in [3.05, 3.63) is 0 Å². The van der Waals surface area contributed by atoms with Gasteiger partial charge in [0.1, 0.15) is 0 Å². The molecule has 0 aromatic carbocycles. The van der Waals surface area contributed by atoms with Gasteiger partial charge in [-0.15, -0.1) is 0 Å². The first-order valence-electron chi connectivity index (χ1n) is 9.22. The van der Waals surface area contributed by atoms with Crippen molar-refractivity contribution in [1.29, 1.82) is 0 Å². The fourth-order valence-corrected chi connectivity index (χ4v) is 2.99. The third kappa shape index (κ3) is 6.65. The van der Waals surface area contributed by atoms with Crippen molar-refractivity contribution in [2.24, 2.45) is 11.8 Å². The van der Waals surface area contributed by atoms with Crippen LogP contribution in [0.5, 0.6) is 0 Å². The largest absolute Gasteiger partial charge is 0.466 e. The second-order valence-electron chi connectivity index (χ2n) is 6.50. The van der Waals surface area contributed by atoms with Crippen molar-refractivity contribution in [2.45, 2.75) is 51.4 Å². The molecule has 0 radical (unpaired) electrons. The van der Waals surface area contributed by atoms with Gasteiger partial charge in [0.15, 0.2) is 0 Å². The maximum atomic E-state index is 12.5. The number of cyclic esters (lactones) is 4. The van der Waals surface area contributed by atoms with Gasteiger partial charge in [-0.25, -0.2) is 0 Å². The predicted octanol–water partition coefficient (Wildman–Crippen LogP) is 1.54. The van der Waals surface area contributed by atoms with Crippen LogP contribution in [0.15, 0.2) is 0 Å². The van der Waals surface area contributed by atoms with Crippen LogP contribution in [0.2, 0.25) is 0 Å². The molecule has 0 aliphatic carbocycles. The van der Waals surface area contributed by atoms with Gasteiger partial charge in [-0.2, -0.15) is 0 Å². The lowest BCUT2D eigenvalue weighted by molar-refractivity contribution is -0.166. The van der Waals surface area contributed by atoms with Crippen LogP contribution in [0.4, 0.5) is 0 Å². The molecule has 26 heavy (non-hydrogen) atoms. The molecule has 0 saturated carbocycles. The zero-order valence-electron chi connectivity index (χ0n) is 14.9. The topological polar surface area (TPSA) is 105 Å². The SMILES string of the molecule is O=C1CCCC(C2CC(=O)OCCCCOC2=O)C(=O)OCCCCO1. The minimum atomic E-state index is -0.966. The summed E-state index contributed by atoms with van der Waals surface area (Å²) in [6, 6.07) is 0. The molecular weight excluding hydrogens is 344 g/mol. The maximum absolute atomic E-state index is 12.5. The van der Waals surface area contributed by atoms with E-state index >= 15 is 0 Å². The van der Waals surface area contributed by atoms with E-state index in [9.17, 15) is 19.2 Å². The Morgan fingerprint density at radius 1 is 0.577 bits per heavy atom. The van der Waals surface area contributed by atoms with Gasteiger partial charge in [0.2, 0.25) is 0 Å². The summed E-state index contributed by atoms with van der Waals surface area (Å²) in [4.78, 5) is 48.6. The van der Waals surface area contributed by atoms with E-state index in [1.54, 1.807) is 0 Å². The Hall–Kier alpha value is -2.12. The fourth-order valence-electron chi connectivity index (χ4n) is 2.99. The van der Waals surface area contributed by atoms with Crippen molar-refractivity contribution in [3.8, 4) is 0 Å². The summed E-state index contributed by atoms with van der Waals surface area (Å²) < 4.78 is 20.7. The Morgan fingerprint density at radius 3 is 1.69 bits per heavy atom. The van der Waals surface area contributed by atoms with Crippen LogP contribution in [-0.4, -0.2) is 50.3 Å². The molecule has 2 aliphatic heterocycles. The van der Waals surface area contributed by atoms with Crippen LogP contribution in [0.1, 0.15) is 51.4 Å². The van der Waals surface area contributed by atoms with E-state index in [1.807, 2.05) is 0 Å². The molecule has 0 aromatic heterocycles. The first kappa shape index (κ1) is 20.2. The van der Waals surface area contributed by atoms with E-state index in [0.29, 0.717) is 38.7 Å². The van der Waals surface area contributed by atoms with Crippen LogP contribution < -0.4 is 0 Å². The lowest BCUT2D eigenvalue weighted by Gasteiger charge is -2.25. The van der Waals surface area contributed by atoms with Crippen molar-refractivity contribution < 1.29 is 38.1 Å². The Kier molecular flexibility index (Phi) is 8.37. The van der Waals surface area contributed by atoms with E-state index in [4.69, 9.17) is 18.9 Å². The first-order chi connectivity index (χ1) is 12.6. The molecule has 2 unspecified atom stereocenters. The summed E-state index contributed by atoms with van der Waals surface area (Å²) in [7, 11) is 0. The van der Waals surface area contributed by atoms with Gasteiger partial charge >= 0.3 is 23.9 Å². The summed E-state index contributed by atoms with van der Waals surface area (Å²) in [5.41, 5.74) is 0. The van der Waals surface area contributed by atoms with Crippen molar-refractivity contribution >= 4 is 23.9 Å². The van der Waals surface area contributed by atoms with Gasteiger partial charge in [0.05, 0.1) is 44.7 Å². The molecule has 2 saturated heterocycles. The lowest BCUT2D eigenvalue weighted by Crippen LogP contribution is -2.35. The van der Waals surface area contributed by atoms with Gasteiger partial charge in [-0.05, 0) is 38.5 Å². The minimum Gasteiger partial charge on any atom is -0.466 e. The molecule has 0 amide bonds. The van der Waals surface area contributed by atoms with E-state index in [0.717, 1.165) is 0 Å². The molecular formula is C18H26O8. The average molecular weight is 370 g/mol. The highest BCUT2D eigenvalue weighted by Crippen LogP contribution is 2.27. The molecule has 2 aliphatic rings. The van der Waals surface area contributed by atoms with Gasteiger partial charge in [-0.1, -0.05) is 0 Å². The van der Waals surface area contributed by atoms with Crippen LogP contribution in [0, 0.1) is 11.8 Å². The molecule has 2 fully saturated rings. The van der Waals surface area contributed by atoms with Crippen molar-refractivity contribution in [1.82, 2.24) is 0 Å². The first-order valence-corrected chi connectivity index (χ1v) is 9.22. The molecule has 0 aromatic rings. The van der Waals surface area contributed by atoms with Gasteiger partial charge in [0.25, 0.3) is 0 Å². The summed E-state index contributed by atoms with van der Waals surface area (Å²) in [6.07, 6.45) is 2.88. The number of carbonyl (C=O) groups is 4. The van der Waals surface area contributed by atoms with Gasteiger partial charge in [-0.3, -0.25) is 19.2 Å². The van der Waals surface area contributed by atoms with Crippen LogP contribution in [0.3, 0.4) is 0 Å². The molecule has 146 valence electrons. The zero-order chi connectivity index (χ0) is 18.8. The molecule has 0 bridgehead atoms. The fraction of sp³-hybridized carbons (Fsp3) is 0.778. The molecule has 8 heteroatoms. The Labute approximate surface area is 152 Å². The van der Waals surface area contributed by atoms with E-state index < -0.39 is 29.7 Å². The Balaban J connectivity index is 2.12. The number of esters is 4. The number of hydrogen-bond acceptors (Lipinski definition) is 8. The number of hydrogen-bond donors (Lipinski definition) is 0. The quantitative estimate of drug-likeness (QED) is 0.505. The van der Waals surface area contributed by atoms with Crippen LogP contribution in [-0.2, 0) is 38.1 Å². The summed E-state index contributed by atoms with van der Waals surface area (Å²) in [5, 5.41) is 0. The summed E-state index contributed by atoms with van der Waals surface area (Å²) >= 11 is 0. The lowest BCUT2D eigenvalue weighted by atomic mass is 9.85. The zero-order valence-corrected chi connectivity index (χ0v) is 14.9. The summed E-state index contributed by atoms with van der Waals surface area (Å²) in [6.45, 7) is 0.977. The van der Waals surface area contributed by atoms with Gasteiger partial charge in [0, 0.05) is 6.42 Å². The minimum absolute atomic E-state index is 0.149. The number of ether oxygens (including phenoxy) is 4. The number of rotatable bonds is 1. The third-order valence-electron chi connectivity index (χ3n) is 4.47. The second kappa shape index (κ2) is 10.8. The molecule has 0 N–H and O–H groups in total. The second-order valence-corrected chi connectivity index (χ2v) is 6.50. The van der Waals surface area contributed by atoms with E-state index in [2.05, 4.69) is 0 Å². The van der Waals surface area contributed by atoms with Crippen LogP contribution in [0.25, 0.3) is 0 Å². The predicted molar refractivity (Wildman–Crippen MR) is 87.8 cm³/mol. The monoisotopic (exact) mass is 370 g/mol. The molecule has 8 nitrogen and oxygen atoms in total. The molecule has 2 heterocycles. The smallest absolute Gasteiger partial charge is 0.310 e. The molecule has 2 atom stereocenters. The molecule has 2 rings (SSSR count). The highest BCUT2D eigenvalue weighted by Gasteiger charge is 2.38. The molecule has 0 spiro atoms. The van der Waals surface area contributed by atoms with Crippen molar-refractivity contribution in [3.63, 3.8) is 0 Å². The highest BCUT2D eigenvalue weighted by atomic mass is 16.5. The number of carbonyl (C=O) groups excluding carboxylic acids is 4. The summed E-state index contributed by atoms with van der Waals surface area (Å²) in [5.74, 6) is -3.81. The Morgan fingerprint density at radius 2 is 1.08 bits per heavy atom. The van der Waals surface area contributed by atoms with Gasteiger partial charge < -0.3 is 18.9 Å². The van der Waals surface area contributed by atoms with Crippen LogP contribution >= 0.6 is 0 Å². The normalized spacial score (nSPS) is 27.7. The highest BCUT2D eigenvalue weighted by molar-refractivity contribution is 5.86. The Bertz CT molecular complexity index is 515. The standard InChI is InChI=1S/C18H26O8/c19-15-7-5-6-13(17(21)25-10-3-1-8-23-15)14-12-16(20)24-9-2-4-11-26-18(14)22/h13-14H,1-12H2. The van der Waals surface area contributed by atoms with Crippen molar-refractivity contribution in [2.75, 3.05) is 26.4 Å². The van der Waals surface area contributed by atoms with E-state index in [-0.39, 0.29) is 45.1 Å².